The fourth-order valence-corrected chi connectivity index (χ4v) is 3.87. The van der Waals surface area contributed by atoms with Crippen LogP contribution in [0.3, 0.4) is 0 Å². The van der Waals surface area contributed by atoms with Crippen LogP contribution in [0.2, 0.25) is 5.02 Å². The zero-order valence-electron chi connectivity index (χ0n) is 17.7. The standard InChI is InChI=1S/C24H25ClN4O3/c25-18-9-11-22(28-13-5-2-6-14-28)21(17-18)26-24(31)20-10-12-23(30)29(27-20)15-16-32-19-7-3-1-4-8-19/h1,3-4,7-12,17H,2,5-6,13-16H2,(H,26,31). The third-order valence-electron chi connectivity index (χ3n) is 5.32. The third kappa shape index (κ3) is 5.48. The monoisotopic (exact) mass is 452 g/mol. The van der Waals surface area contributed by atoms with Crippen LogP contribution in [0, 0.1) is 0 Å². The average molecular weight is 453 g/mol. The fourth-order valence-electron chi connectivity index (χ4n) is 3.70. The van der Waals surface area contributed by atoms with Crippen LogP contribution in [0.1, 0.15) is 29.8 Å². The van der Waals surface area contributed by atoms with Crippen LogP contribution >= 0.6 is 11.6 Å². The second kappa shape index (κ2) is 10.3. The Morgan fingerprint density at radius 2 is 1.81 bits per heavy atom. The Morgan fingerprint density at radius 1 is 1.03 bits per heavy atom. The smallest absolute Gasteiger partial charge is 0.276 e. The molecule has 0 spiro atoms. The molecule has 2 aromatic carbocycles. The Kier molecular flexibility index (Phi) is 7.07. The molecule has 1 aliphatic rings. The molecule has 0 saturated carbocycles. The summed E-state index contributed by atoms with van der Waals surface area (Å²) in [6.45, 7) is 2.37. The van der Waals surface area contributed by atoms with E-state index in [0.717, 1.165) is 31.6 Å². The molecule has 4 rings (SSSR count). The van der Waals surface area contributed by atoms with Gasteiger partial charge in [0.2, 0.25) is 0 Å². The second-order valence-corrected chi connectivity index (χ2v) is 8.04. The number of halogens is 1. The number of carbonyl (C=O) groups excluding carboxylic acids is 1. The van der Waals surface area contributed by atoms with Crippen molar-refractivity contribution in [1.29, 1.82) is 0 Å². The molecule has 1 aromatic heterocycles. The number of nitrogens with zero attached hydrogens (tertiary/aromatic N) is 3. The summed E-state index contributed by atoms with van der Waals surface area (Å²) in [5.74, 6) is 0.309. The number of hydrogen-bond donors (Lipinski definition) is 1. The number of benzene rings is 2. The van der Waals surface area contributed by atoms with Crippen molar-refractivity contribution < 1.29 is 9.53 Å². The lowest BCUT2D eigenvalue weighted by molar-refractivity contribution is 0.101. The van der Waals surface area contributed by atoms with Crippen LogP contribution in [0.25, 0.3) is 0 Å². The number of hydrogen-bond acceptors (Lipinski definition) is 5. The van der Waals surface area contributed by atoms with E-state index in [2.05, 4.69) is 15.3 Å². The van der Waals surface area contributed by atoms with Crippen LogP contribution in [-0.2, 0) is 6.54 Å². The number of aromatic nitrogens is 2. The van der Waals surface area contributed by atoms with Gasteiger partial charge in [0, 0.05) is 24.2 Å². The van der Waals surface area contributed by atoms with E-state index in [9.17, 15) is 9.59 Å². The van der Waals surface area contributed by atoms with Crippen molar-refractivity contribution in [2.24, 2.45) is 0 Å². The molecule has 1 N–H and O–H groups in total. The van der Waals surface area contributed by atoms with E-state index in [1.165, 1.54) is 23.2 Å². The van der Waals surface area contributed by atoms with E-state index < -0.39 is 5.91 Å². The summed E-state index contributed by atoms with van der Waals surface area (Å²) in [4.78, 5) is 27.4. The topological polar surface area (TPSA) is 76.5 Å². The predicted octanol–water partition coefficient (Wildman–Crippen LogP) is 4.22. The van der Waals surface area contributed by atoms with Gasteiger partial charge in [-0.3, -0.25) is 9.59 Å². The van der Waals surface area contributed by atoms with Gasteiger partial charge in [-0.25, -0.2) is 4.68 Å². The normalized spacial score (nSPS) is 13.6. The van der Waals surface area contributed by atoms with E-state index in [4.69, 9.17) is 16.3 Å². The van der Waals surface area contributed by atoms with Crippen molar-refractivity contribution in [3.05, 3.63) is 81.7 Å². The van der Waals surface area contributed by atoms with Crippen LogP contribution in [0.5, 0.6) is 5.75 Å². The Hall–Kier alpha value is -3.32. The molecule has 1 amide bonds. The molecule has 0 unspecified atom stereocenters. The van der Waals surface area contributed by atoms with E-state index in [1.807, 2.05) is 42.5 Å². The molecule has 0 atom stereocenters. The highest BCUT2D eigenvalue weighted by Gasteiger charge is 2.18. The van der Waals surface area contributed by atoms with Gasteiger partial charge >= 0.3 is 0 Å². The second-order valence-electron chi connectivity index (χ2n) is 7.60. The minimum Gasteiger partial charge on any atom is -0.492 e. The molecule has 0 aliphatic carbocycles. The number of para-hydroxylation sites is 1. The molecule has 1 fully saturated rings. The van der Waals surface area contributed by atoms with Crippen molar-refractivity contribution in [2.45, 2.75) is 25.8 Å². The van der Waals surface area contributed by atoms with Crippen molar-refractivity contribution in [2.75, 3.05) is 29.9 Å². The minimum atomic E-state index is -0.400. The maximum atomic E-state index is 12.9. The number of carbonyl (C=O) groups is 1. The average Bonchev–Trinajstić information content (AvgIpc) is 2.81. The lowest BCUT2D eigenvalue weighted by Gasteiger charge is -2.30. The van der Waals surface area contributed by atoms with Crippen LogP contribution < -0.4 is 20.5 Å². The first-order valence-electron chi connectivity index (χ1n) is 10.7. The molecule has 1 saturated heterocycles. The molecule has 1 aliphatic heterocycles. The maximum absolute atomic E-state index is 12.9. The van der Waals surface area contributed by atoms with Crippen LogP contribution in [0.15, 0.2) is 65.5 Å². The Balaban J connectivity index is 1.47. The van der Waals surface area contributed by atoms with Crippen LogP contribution in [-0.4, -0.2) is 35.4 Å². The summed E-state index contributed by atoms with van der Waals surface area (Å²) < 4.78 is 6.87. The van der Waals surface area contributed by atoms with E-state index in [0.29, 0.717) is 16.5 Å². The van der Waals surface area contributed by atoms with Gasteiger partial charge in [-0.1, -0.05) is 29.8 Å². The van der Waals surface area contributed by atoms with Gasteiger partial charge in [0.1, 0.15) is 18.1 Å². The van der Waals surface area contributed by atoms with Crippen LogP contribution in [0.4, 0.5) is 11.4 Å². The van der Waals surface area contributed by atoms with Gasteiger partial charge in [0.05, 0.1) is 17.9 Å². The third-order valence-corrected chi connectivity index (χ3v) is 5.55. The largest absolute Gasteiger partial charge is 0.492 e. The first-order valence-corrected chi connectivity index (χ1v) is 11.1. The Bertz CT molecular complexity index is 1130. The quantitative estimate of drug-likeness (QED) is 0.580. The SMILES string of the molecule is O=C(Nc1cc(Cl)ccc1N1CCCCC1)c1ccc(=O)n(CCOc2ccccc2)n1. The van der Waals surface area contributed by atoms with E-state index in [1.54, 1.807) is 6.07 Å². The summed E-state index contributed by atoms with van der Waals surface area (Å²) >= 11 is 6.19. The van der Waals surface area contributed by atoms with Crippen molar-refractivity contribution in [3.8, 4) is 5.75 Å². The zero-order chi connectivity index (χ0) is 22.3. The van der Waals surface area contributed by atoms with E-state index in [-0.39, 0.29) is 24.4 Å². The van der Waals surface area contributed by atoms with Crippen molar-refractivity contribution in [3.63, 3.8) is 0 Å². The summed E-state index contributed by atoms with van der Waals surface area (Å²) in [6, 6.07) is 17.6. The molecule has 166 valence electrons. The van der Waals surface area contributed by atoms with E-state index >= 15 is 0 Å². The van der Waals surface area contributed by atoms with Gasteiger partial charge in [0.25, 0.3) is 11.5 Å². The Labute approximate surface area is 191 Å². The number of rotatable bonds is 7. The highest BCUT2D eigenvalue weighted by Crippen LogP contribution is 2.31. The molecule has 2 heterocycles. The molecule has 0 bridgehead atoms. The number of amides is 1. The molecule has 7 nitrogen and oxygen atoms in total. The van der Waals surface area contributed by atoms with Crippen molar-refractivity contribution >= 4 is 28.9 Å². The summed E-state index contributed by atoms with van der Waals surface area (Å²) in [5.41, 5.74) is 1.42. The number of anilines is 2. The Morgan fingerprint density at radius 3 is 2.59 bits per heavy atom. The summed E-state index contributed by atoms with van der Waals surface area (Å²) in [5, 5.41) is 7.69. The molecular formula is C24H25ClN4O3. The molecule has 3 aromatic rings. The zero-order valence-corrected chi connectivity index (χ0v) is 18.4. The predicted molar refractivity (Wildman–Crippen MR) is 126 cm³/mol. The first kappa shape index (κ1) is 21.9. The molecule has 8 heteroatoms. The van der Waals surface area contributed by atoms with Gasteiger partial charge in [-0.15, -0.1) is 0 Å². The molecular weight excluding hydrogens is 428 g/mol. The van der Waals surface area contributed by atoms with Gasteiger partial charge in [-0.2, -0.15) is 5.10 Å². The lowest BCUT2D eigenvalue weighted by Crippen LogP contribution is -2.31. The molecule has 32 heavy (non-hydrogen) atoms. The maximum Gasteiger partial charge on any atom is 0.276 e. The number of piperidine rings is 1. The number of nitrogens with one attached hydrogen (secondary N) is 1. The highest BCUT2D eigenvalue weighted by atomic mass is 35.5. The summed E-state index contributed by atoms with van der Waals surface area (Å²) in [6.07, 6.45) is 3.45. The number of ether oxygens (including phenoxy) is 1. The minimum absolute atomic E-state index is 0.147. The van der Waals surface area contributed by atoms with Gasteiger partial charge < -0.3 is 15.0 Å². The fraction of sp³-hybridized carbons (Fsp3) is 0.292. The highest BCUT2D eigenvalue weighted by molar-refractivity contribution is 6.31. The summed E-state index contributed by atoms with van der Waals surface area (Å²) in [7, 11) is 0. The van der Waals surface area contributed by atoms with Crippen molar-refractivity contribution in [1.82, 2.24) is 9.78 Å². The lowest BCUT2D eigenvalue weighted by atomic mass is 10.1. The van der Waals surface area contributed by atoms with Gasteiger partial charge in [-0.05, 0) is 55.7 Å². The first-order chi connectivity index (χ1) is 15.6. The molecule has 0 radical (unpaired) electrons. The van der Waals surface area contributed by atoms with Gasteiger partial charge in [0.15, 0.2) is 0 Å².